The van der Waals surface area contributed by atoms with Crippen LogP contribution in [0.4, 0.5) is 5.69 Å². The van der Waals surface area contributed by atoms with E-state index in [2.05, 4.69) is 23.7 Å². The molecule has 4 aromatic rings. The fraction of sp³-hybridized carbons (Fsp3) is 0.175. The number of aromatic carboxylic acids is 1. The molecule has 0 radical (unpaired) electrons. The van der Waals surface area contributed by atoms with Gasteiger partial charge in [-0.25, -0.2) is 4.79 Å². The summed E-state index contributed by atoms with van der Waals surface area (Å²) in [6.07, 6.45) is 20.2. The van der Waals surface area contributed by atoms with Gasteiger partial charge in [-0.3, -0.25) is 0 Å². The highest BCUT2D eigenvalue weighted by atomic mass is 16.7. The van der Waals surface area contributed by atoms with Gasteiger partial charge in [0.25, 0.3) is 0 Å². The largest absolute Gasteiger partial charge is 0.508 e. The molecule has 10 heteroatoms. The lowest BCUT2D eigenvalue weighted by atomic mass is 10.2. The van der Waals surface area contributed by atoms with Crippen LogP contribution in [-0.2, 0) is 9.47 Å². The molecule has 50 heavy (non-hydrogen) atoms. The number of carboxylic acid groups (broad SMARTS) is 1. The van der Waals surface area contributed by atoms with Gasteiger partial charge in [0.15, 0.2) is 6.29 Å². The maximum absolute atomic E-state index is 10.5. The molecule has 0 unspecified atom stereocenters. The number of hydrogen-bond donors (Lipinski definition) is 4. The molecule has 10 nitrogen and oxygen atoms in total. The summed E-state index contributed by atoms with van der Waals surface area (Å²) in [5.41, 5.74) is 2.09. The van der Waals surface area contributed by atoms with Crippen molar-refractivity contribution in [3.05, 3.63) is 108 Å². The van der Waals surface area contributed by atoms with E-state index in [0.717, 1.165) is 11.3 Å². The van der Waals surface area contributed by atoms with E-state index in [1.165, 1.54) is 12.1 Å². The fourth-order valence-electron chi connectivity index (χ4n) is 3.79. The van der Waals surface area contributed by atoms with Gasteiger partial charge in [-0.15, -0.1) is 25.7 Å². The normalized spacial score (nSPS) is 11.0. The minimum atomic E-state index is -0.955. The van der Waals surface area contributed by atoms with Crippen LogP contribution < -0.4 is 14.4 Å². The number of carboxylic acids is 1. The number of nitrogens with zero attached hydrogens (tertiary/aromatic N) is 1. The quantitative estimate of drug-likeness (QED) is 0.164. The van der Waals surface area contributed by atoms with E-state index >= 15 is 0 Å². The Kier molecular flexibility index (Phi) is 18.0. The summed E-state index contributed by atoms with van der Waals surface area (Å²) in [6.45, 7) is 2.66. The molecule has 0 aromatic heterocycles. The van der Waals surface area contributed by atoms with E-state index in [9.17, 15) is 4.79 Å². The van der Waals surface area contributed by atoms with Crippen molar-refractivity contribution in [3.8, 4) is 78.1 Å². The van der Waals surface area contributed by atoms with Crippen LogP contribution in [0.1, 0.15) is 22.2 Å². The molecular formula is C40H37NO9. The van der Waals surface area contributed by atoms with E-state index < -0.39 is 5.97 Å². The molecule has 0 bridgehead atoms. The van der Waals surface area contributed by atoms with Gasteiger partial charge >= 0.3 is 5.97 Å². The van der Waals surface area contributed by atoms with E-state index in [1.807, 2.05) is 4.90 Å². The fourth-order valence-corrected chi connectivity index (χ4v) is 3.79. The minimum absolute atomic E-state index is 0.187. The SMILES string of the molecule is C#CCN(CC#C)c1ccc(O)cc1.C#CCOc1ccc(C(=O)O)cc1.C#CCOc1ccc(O)cc1.Oc1ccc(C2OCCO2)cc1. The second-order valence-electron chi connectivity index (χ2n) is 9.75. The zero-order chi connectivity index (χ0) is 36.6. The van der Waals surface area contributed by atoms with Crippen molar-refractivity contribution >= 4 is 11.7 Å². The molecule has 0 atom stereocenters. The molecule has 0 amide bonds. The van der Waals surface area contributed by atoms with Gasteiger partial charge in [0.1, 0.15) is 42.0 Å². The zero-order valence-corrected chi connectivity index (χ0v) is 27.1. The molecule has 1 aliphatic heterocycles. The average molecular weight is 676 g/mol. The predicted octanol–water partition coefficient (Wildman–Crippen LogP) is 5.70. The smallest absolute Gasteiger partial charge is 0.335 e. The van der Waals surface area contributed by atoms with Gasteiger partial charge in [-0.05, 0) is 84.9 Å². The Morgan fingerprint density at radius 1 is 0.640 bits per heavy atom. The number of hydrogen-bond acceptors (Lipinski definition) is 9. The van der Waals surface area contributed by atoms with E-state index in [1.54, 1.807) is 84.9 Å². The van der Waals surface area contributed by atoms with Crippen LogP contribution >= 0.6 is 0 Å². The Balaban J connectivity index is 0.000000232. The highest BCUT2D eigenvalue weighted by molar-refractivity contribution is 5.87. The van der Waals surface area contributed by atoms with Crippen molar-refractivity contribution in [2.24, 2.45) is 0 Å². The molecule has 1 fully saturated rings. The van der Waals surface area contributed by atoms with Crippen LogP contribution in [0.25, 0.3) is 0 Å². The van der Waals surface area contributed by atoms with Crippen molar-refractivity contribution in [1.29, 1.82) is 0 Å². The van der Waals surface area contributed by atoms with Crippen LogP contribution in [-0.4, -0.2) is 65.9 Å². The summed E-state index contributed by atoms with van der Waals surface area (Å²) in [5.74, 6) is 10.7. The second kappa shape index (κ2) is 22.8. The van der Waals surface area contributed by atoms with Crippen LogP contribution in [0, 0.1) is 49.4 Å². The van der Waals surface area contributed by atoms with Crippen molar-refractivity contribution in [1.82, 2.24) is 0 Å². The third-order valence-electron chi connectivity index (χ3n) is 6.15. The van der Waals surface area contributed by atoms with E-state index in [-0.39, 0.29) is 42.3 Å². The van der Waals surface area contributed by atoms with Crippen molar-refractivity contribution in [2.75, 3.05) is 44.4 Å². The maximum Gasteiger partial charge on any atom is 0.335 e. The number of phenols is 3. The third kappa shape index (κ3) is 15.3. The molecule has 4 N–H and O–H groups in total. The number of aromatic hydroxyl groups is 3. The molecule has 0 saturated carbocycles. The van der Waals surface area contributed by atoms with Gasteiger partial charge in [-0.2, -0.15) is 0 Å². The maximum atomic E-state index is 10.5. The van der Waals surface area contributed by atoms with Gasteiger partial charge in [-0.1, -0.05) is 35.8 Å². The summed E-state index contributed by atoms with van der Waals surface area (Å²) in [5, 5.41) is 35.6. The topological polar surface area (TPSA) is 138 Å². The van der Waals surface area contributed by atoms with Crippen LogP contribution in [0.15, 0.2) is 97.1 Å². The minimum Gasteiger partial charge on any atom is -0.508 e. The Morgan fingerprint density at radius 3 is 1.44 bits per heavy atom. The first-order valence-electron chi connectivity index (χ1n) is 14.9. The first-order chi connectivity index (χ1) is 24.2. The first kappa shape index (κ1) is 39.5. The molecule has 5 rings (SSSR count). The summed E-state index contributed by atoms with van der Waals surface area (Å²) in [6, 6.07) is 26.1. The number of benzene rings is 4. The van der Waals surface area contributed by atoms with Crippen LogP contribution in [0.5, 0.6) is 28.7 Å². The number of rotatable bonds is 9. The van der Waals surface area contributed by atoms with E-state index in [4.69, 9.17) is 65.1 Å². The molecule has 0 aliphatic carbocycles. The number of carbonyl (C=O) groups is 1. The van der Waals surface area contributed by atoms with Crippen molar-refractivity contribution < 1.29 is 44.2 Å². The molecule has 256 valence electrons. The van der Waals surface area contributed by atoms with Gasteiger partial charge in [0.05, 0.1) is 31.9 Å². The van der Waals surface area contributed by atoms with Crippen LogP contribution in [0.3, 0.4) is 0 Å². The number of phenolic OH excluding ortho intramolecular Hbond substituents is 3. The highest BCUT2D eigenvalue weighted by Crippen LogP contribution is 2.24. The summed E-state index contributed by atoms with van der Waals surface area (Å²) < 4.78 is 20.7. The number of terminal acetylenes is 4. The Bertz CT molecular complexity index is 1720. The molecule has 1 saturated heterocycles. The molecule has 1 heterocycles. The van der Waals surface area contributed by atoms with Gasteiger partial charge in [0, 0.05) is 11.3 Å². The summed E-state index contributed by atoms with van der Waals surface area (Å²) >= 11 is 0. The average Bonchev–Trinajstić information content (AvgIpc) is 3.68. The molecular weight excluding hydrogens is 638 g/mol. The molecule has 4 aromatic carbocycles. The standard InChI is InChI=1S/C12H11NO.C10H8O3.C9H10O3.C9H8O2/c1-3-9-13(10-4-2)11-5-7-12(14)8-6-11;1-2-7-13-9-5-3-8(4-6-9)10(11)12;10-8-3-1-7(2-4-8)9-11-5-6-12-9;1-2-7-11-9-5-3-8(10)4-6-9/h1-2,5-8,14H,9-10H2;1,3-6H,7H2,(H,11,12);1-4,9-10H,5-6H2;1,3-6,10H,7H2. The number of anilines is 1. The lowest BCUT2D eigenvalue weighted by molar-refractivity contribution is -0.0441. The highest BCUT2D eigenvalue weighted by Gasteiger charge is 2.17. The predicted molar refractivity (Wildman–Crippen MR) is 191 cm³/mol. The zero-order valence-electron chi connectivity index (χ0n) is 27.1. The van der Waals surface area contributed by atoms with Crippen LogP contribution in [0.2, 0.25) is 0 Å². The number of ether oxygens (including phenoxy) is 4. The molecule has 0 spiro atoms. The van der Waals surface area contributed by atoms with Crippen molar-refractivity contribution in [3.63, 3.8) is 0 Å². The summed E-state index contributed by atoms with van der Waals surface area (Å²) in [7, 11) is 0. The Hall–Kier alpha value is -6.69. The first-order valence-corrected chi connectivity index (χ1v) is 14.9. The lowest BCUT2D eigenvalue weighted by Crippen LogP contribution is -2.23. The Labute approximate surface area is 292 Å². The van der Waals surface area contributed by atoms with E-state index in [0.29, 0.717) is 37.8 Å². The second-order valence-corrected chi connectivity index (χ2v) is 9.75. The van der Waals surface area contributed by atoms with Gasteiger partial charge in [0.2, 0.25) is 0 Å². The monoisotopic (exact) mass is 675 g/mol. The molecule has 1 aliphatic rings. The lowest BCUT2D eigenvalue weighted by Gasteiger charge is -2.19. The van der Waals surface area contributed by atoms with Crippen molar-refractivity contribution in [2.45, 2.75) is 6.29 Å². The third-order valence-corrected chi connectivity index (χ3v) is 6.15. The summed E-state index contributed by atoms with van der Waals surface area (Å²) in [4.78, 5) is 12.3. The Morgan fingerprint density at radius 2 is 1.04 bits per heavy atom. The van der Waals surface area contributed by atoms with Gasteiger partial charge < -0.3 is 44.3 Å².